The van der Waals surface area contributed by atoms with Crippen LogP contribution in [0.25, 0.3) is 0 Å². The molecule has 2 rings (SSSR count). The monoisotopic (exact) mass is 315 g/mol. The lowest BCUT2D eigenvalue weighted by Gasteiger charge is -2.18. The molecule has 0 spiro atoms. The number of hydrogen-bond donors (Lipinski definition) is 1. The van der Waals surface area contributed by atoms with Gasteiger partial charge in [0.25, 0.3) is 5.91 Å². The molecule has 2 fully saturated rings. The quantitative estimate of drug-likeness (QED) is 0.598. The molecule has 0 aromatic carbocycles. The highest BCUT2D eigenvalue weighted by Gasteiger charge is 2.33. The van der Waals surface area contributed by atoms with Crippen LogP contribution < -0.4 is 0 Å². The Balaban J connectivity index is 2.05. The van der Waals surface area contributed by atoms with Gasteiger partial charge in [0.15, 0.2) is 0 Å². The first kappa shape index (κ1) is 15.3. The highest BCUT2D eigenvalue weighted by atomic mass is 32.2. The summed E-state index contributed by atoms with van der Waals surface area (Å²) in [5.74, 6) is -1.36. The highest BCUT2D eigenvalue weighted by molar-refractivity contribution is 8.26. The number of carboxylic acids is 1. The second-order valence-corrected chi connectivity index (χ2v) is 6.51. The van der Waals surface area contributed by atoms with Crippen molar-refractivity contribution in [1.29, 1.82) is 0 Å². The molecule has 110 valence electrons. The van der Waals surface area contributed by atoms with E-state index in [4.69, 9.17) is 17.3 Å². The molecule has 2 saturated heterocycles. The maximum Gasteiger partial charge on any atom is 0.323 e. The summed E-state index contributed by atoms with van der Waals surface area (Å²) in [7, 11) is 2.08. The van der Waals surface area contributed by atoms with Crippen LogP contribution in [-0.4, -0.2) is 75.8 Å². The Hall–Kier alpha value is -1.12. The number of carbonyl (C=O) groups is 2. The highest BCUT2D eigenvalue weighted by Crippen LogP contribution is 2.31. The van der Waals surface area contributed by atoms with Gasteiger partial charge in [0.05, 0.1) is 4.91 Å². The molecule has 6 nitrogen and oxygen atoms in total. The zero-order valence-corrected chi connectivity index (χ0v) is 12.9. The molecule has 0 aromatic rings. The van der Waals surface area contributed by atoms with Crippen molar-refractivity contribution in [3.8, 4) is 0 Å². The van der Waals surface area contributed by atoms with E-state index in [0.717, 1.165) is 37.5 Å². The molecular formula is C12H17N3O3S2. The van der Waals surface area contributed by atoms with Gasteiger partial charge in [-0.05, 0) is 20.0 Å². The first-order chi connectivity index (χ1) is 9.47. The zero-order valence-electron chi connectivity index (χ0n) is 11.2. The Bertz CT molecular complexity index is 467. The van der Waals surface area contributed by atoms with Gasteiger partial charge >= 0.3 is 5.97 Å². The van der Waals surface area contributed by atoms with Crippen molar-refractivity contribution >= 4 is 40.2 Å². The van der Waals surface area contributed by atoms with Crippen LogP contribution in [0.15, 0.2) is 11.1 Å². The molecule has 0 bridgehead atoms. The number of carbonyl (C=O) groups excluding carboxylic acids is 1. The first-order valence-corrected chi connectivity index (χ1v) is 7.59. The summed E-state index contributed by atoms with van der Waals surface area (Å²) < 4.78 is 0.315. The Labute approximate surface area is 127 Å². The molecule has 0 atom stereocenters. The van der Waals surface area contributed by atoms with Gasteiger partial charge in [-0.2, -0.15) is 0 Å². The molecule has 0 saturated carbocycles. The van der Waals surface area contributed by atoms with Crippen molar-refractivity contribution in [2.24, 2.45) is 0 Å². The minimum absolute atomic E-state index is 0.306. The molecule has 2 heterocycles. The Morgan fingerprint density at radius 2 is 2.15 bits per heavy atom. The van der Waals surface area contributed by atoms with Crippen molar-refractivity contribution in [1.82, 2.24) is 14.7 Å². The number of amides is 1. The van der Waals surface area contributed by atoms with E-state index in [9.17, 15) is 9.59 Å². The summed E-state index contributed by atoms with van der Waals surface area (Å²) in [5, 5.41) is 8.79. The van der Waals surface area contributed by atoms with Crippen molar-refractivity contribution in [2.45, 2.75) is 6.42 Å². The van der Waals surface area contributed by atoms with Gasteiger partial charge in [0.1, 0.15) is 10.9 Å². The molecule has 20 heavy (non-hydrogen) atoms. The second-order valence-electron chi connectivity index (χ2n) is 4.84. The molecule has 2 aliphatic heterocycles. The number of thioether (sulfide) groups is 1. The lowest BCUT2D eigenvalue weighted by Crippen LogP contribution is -2.33. The smallest absolute Gasteiger partial charge is 0.323 e. The molecule has 0 unspecified atom stereocenters. The summed E-state index contributed by atoms with van der Waals surface area (Å²) in [6, 6.07) is 0. The van der Waals surface area contributed by atoms with E-state index in [2.05, 4.69) is 16.8 Å². The summed E-state index contributed by atoms with van der Waals surface area (Å²) in [5.41, 5.74) is 0. The van der Waals surface area contributed by atoms with Crippen molar-refractivity contribution < 1.29 is 14.7 Å². The molecule has 1 N–H and O–H groups in total. The average Bonchev–Trinajstić information content (AvgIpc) is 2.55. The molecular weight excluding hydrogens is 298 g/mol. The second kappa shape index (κ2) is 6.55. The first-order valence-electron chi connectivity index (χ1n) is 6.37. The normalized spacial score (nSPS) is 23.6. The van der Waals surface area contributed by atoms with E-state index in [1.807, 2.05) is 6.20 Å². The molecule has 2 aliphatic rings. The largest absolute Gasteiger partial charge is 0.480 e. The number of nitrogens with zero attached hydrogens (tertiary/aromatic N) is 3. The number of thiocarbonyl (C=S) groups is 1. The fraction of sp³-hybridized carbons (Fsp3) is 0.583. The van der Waals surface area contributed by atoms with Gasteiger partial charge in [-0.25, -0.2) is 0 Å². The minimum Gasteiger partial charge on any atom is -0.480 e. The standard InChI is InChI=1S/C12H17N3O3S2/c1-13-3-2-4-14(6-5-13)7-9-11(18)15(8-10(16)17)12(19)20-9/h7H,2-6,8H2,1H3,(H,16,17)/b9-7-. The van der Waals surface area contributed by atoms with Crippen molar-refractivity contribution in [3.63, 3.8) is 0 Å². The van der Waals surface area contributed by atoms with Crippen LogP contribution >= 0.6 is 24.0 Å². The van der Waals surface area contributed by atoms with Crippen molar-refractivity contribution in [2.75, 3.05) is 39.8 Å². The summed E-state index contributed by atoms with van der Waals surface area (Å²) in [4.78, 5) is 28.9. The van der Waals surface area contributed by atoms with E-state index in [1.54, 1.807) is 0 Å². The maximum absolute atomic E-state index is 12.1. The van der Waals surface area contributed by atoms with E-state index < -0.39 is 5.97 Å². The van der Waals surface area contributed by atoms with E-state index in [1.165, 1.54) is 11.8 Å². The average molecular weight is 315 g/mol. The lowest BCUT2D eigenvalue weighted by molar-refractivity contribution is -0.140. The van der Waals surface area contributed by atoms with Crippen LogP contribution in [0.3, 0.4) is 0 Å². The topological polar surface area (TPSA) is 64.1 Å². The third-order valence-corrected chi connectivity index (χ3v) is 4.59. The third-order valence-electron chi connectivity index (χ3n) is 3.22. The van der Waals surface area contributed by atoms with E-state index in [-0.39, 0.29) is 12.5 Å². The van der Waals surface area contributed by atoms with Crippen LogP contribution in [0.5, 0.6) is 0 Å². The van der Waals surface area contributed by atoms with Gasteiger partial charge < -0.3 is 14.9 Å². The molecule has 0 aliphatic carbocycles. The maximum atomic E-state index is 12.1. The molecule has 1 amide bonds. The zero-order chi connectivity index (χ0) is 14.7. The van der Waals surface area contributed by atoms with E-state index in [0.29, 0.717) is 9.23 Å². The van der Waals surface area contributed by atoms with Crippen LogP contribution in [0, 0.1) is 0 Å². The number of carboxylic acid groups (broad SMARTS) is 1. The predicted octanol–water partition coefficient (Wildman–Crippen LogP) is 0.410. The van der Waals surface area contributed by atoms with Crippen molar-refractivity contribution in [3.05, 3.63) is 11.1 Å². The summed E-state index contributed by atoms with van der Waals surface area (Å²) in [6.07, 6.45) is 2.86. The van der Waals surface area contributed by atoms with Crippen LogP contribution in [0.1, 0.15) is 6.42 Å². The molecule has 8 heteroatoms. The number of likely N-dealkylation sites (N-methyl/N-ethyl adjacent to an activating group) is 1. The fourth-order valence-corrected chi connectivity index (χ4v) is 3.39. The Kier molecular flexibility index (Phi) is 5.00. The number of aliphatic carboxylic acids is 1. The molecule has 0 aromatic heterocycles. The van der Waals surface area contributed by atoms with Gasteiger partial charge in [-0.15, -0.1) is 0 Å². The number of hydrogen-bond acceptors (Lipinski definition) is 6. The molecule has 0 radical (unpaired) electrons. The minimum atomic E-state index is -1.06. The SMILES string of the molecule is CN1CCCN(/C=C2\SC(=S)N(CC(=O)O)C2=O)CC1. The van der Waals surface area contributed by atoms with Gasteiger partial charge in [-0.3, -0.25) is 14.5 Å². The Morgan fingerprint density at radius 1 is 1.40 bits per heavy atom. The third kappa shape index (κ3) is 3.71. The van der Waals surface area contributed by atoms with E-state index >= 15 is 0 Å². The Morgan fingerprint density at radius 3 is 2.85 bits per heavy atom. The van der Waals surface area contributed by atoms with Gasteiger partial charge in [-0.1, -0.05) is 24.0 Å². The predicted molar refractivity (Wildman–Crippen MR) is 81.3 cm³/mol. The summed E-state index contributed by atoms with van der Waals surface area (Å²) >= 11 is 6.24. The fourth-order valence-electron chi connectivity index (χ4n) is 2.12. The van der Waals surface area contributed by atoms with Crippen LogP contribution in [0.2, 0.25) is 0 Å². The van der Waals surface area contributed by atoms with Crippen LogP contribution in [0.4, 0.5) is 0 Å². The summed E-state index contributed by atoms with van der Waals surface area (Å²) in [6.45, 7) is 3.38. The van der Waals surface area contributed by atoms with Crippen LogP contribution in [-0.2, 0) is 9.59 Å². The lowest BCUT2D eigenvalue weighted by atomic mass is 10.4. The van der Waals surface area contributed by atoms with Gasteiger partial charge in [0, 0.05) is 25.8 Å². The van der Waals surface area contributed by atoms with Gasteiger partial charge in [0.2, 0.25) is 0 Å². The number of rotatable bonds is 3.